The minimum absolute atomic E-state index is 0.245. The highest BCUT2D eigenvalue weighted by atomic mass is 16.7. The van der Waals surface area contributed by atoms with Gasteiger partial charge in [-0.05, 0) is 19.4 Å². The molecule has 0 unspecified atom stereocenters. The Morgan fingerprint density at radius 2 is 1.88 bits per heavy atom. The van der Waals surface area contributed by atoms with Gasteiger partial charge in [-0.15, -0.1) is 0 Å². The Balaban J connectivity index is 2.24. The van der Waals surface area contributed by atoms with E-state index in [4.69, 9.17) is 9.47 Å². The molecule has 0 saturated heterocycles. The molecule has 0 atom stereocenters. The van der Waals surface area contributed by atoms with E-state index in [1.807, 2.05) is 6.07 Å². The zero-order valence-electron chi connectivity index (χ0n) is 14.4. The third kappa shape index (κ3) is 4.60. The van der Waals surface area contributed by atoms with Gasteiger partial charge < -0.3 is 14.7 Å². The second-order valence-corrected chi connectivity index (χ2v) is 5.76. The van der Waals surface area contributed by atoms with E-state index in [0.717, 1.165) is 17.6 Å². The summed E-state index contributed by atoms with van der Waals surface area (Å²) < 4.78 is 11.1. The minimum Gasteiger partial charge on any atom is -0.618 e. The standard InChI is InChI=1S/C19H25NO4/c1-3-5-6-7-8-11-15-14-18(24-19(21)23-4-2)16-12-9-10-13-17(16)20(15)22/h9-10,12-14H,3-8,11H2,1-2H3. The normalized spacial score (nSPS) is 10.8. The Morgan fingerprint density at radius 3 is 2.62 bits per heavy atom. The van der Waals surface area contributed by atoms with Crippen LogP contribution < -0.4 is 9.47 Å². The number of nitrogens with zero attached hydrogens (tertiary/aromatic N) is 1. The van der Waals surface area contributed by atoms with Gasteiger partial charge in [-0.2, -0.15) is 4.73 Å². The lowest BCUT2D eigenvalue weighted by Crippen LogP contribution is -2.33. The lowest BCUT2D eigenvalue weighted by Gasteiger charge is -2.12. The molecule has 2 rings (SSSR count). The Hall–Kier alpha value is -2.30. The van der Waals surface area contributed by atoms with Crippen LogP contribution in [0.25, 0.3) is 10.9 Å². The molecule has 1 aromatic carbocycles. The highest BCUT2D eigenvalue weighted by Crippen LogP contribution is 2.25. The summed E-state index contributed by atoms with van der Waals surface area (Å²) in [7, 11) is 0. The van der Waals surface area contributed by atoms with Crippen molar-refractivity contribution in [3.8, 4) is 5.75 Å². The van der Waals surface area contributed by atoms with Crippen LogP contribution in [0.3, 0.4) is 0 Å². The molecule has 0 radical (unpaired) electrons. The number of rotatable bonds is 8. The van der Waals surface area contributed by atoms with Crippen LogP contribution in [0.15, 0.2) is 30.3 Å². The first-order chi connectivity index (χ1) is 11.7. The second-order valence-electron chi connectivity index (χ2n) is 5.76. The van der Waals surface area contributed by atoms with Crippen molar-refractivity contribution >= 4 is 17.1 Å². The van der Waals surface area contributed by atoms with E-state index < -0.39 is 6.16 Å². The smallest absolute Gasteiger partial charge is 0.513 e. The predicted octanol–water partition coefficient (Wildman–Crippen LogP) is 4.52. The molecule has 130 valence electrons. The number of carbonyl (C=O) groups excluding carboxylic acids is 1. The molecule has 1 aromatic heterocycles. The SMILES string of the molecule is CCCCCCCc1cc(OC(=O)OCC)c2ccccc2[n+]1[O-]. The number of benzene rings is 1. The second kappa shape index (κ2) is 9.11. The van der Waals surface area contributed by atoms with Gasteiger partial charge in [0.15, 0.2) is 11.4 Å². The molecule has 0 amide bonds. The monoisotopic (exact) mass is 331 g/mol. The summed E-state index contributed by atoms with van der Waals surface area (Å²) in [5.74, 6) is 0.375. The number of carbonyl (C=O) groups is 1. The molecular formula is C19H25NO4. The van der Waals surface area contributed by atoms with Crippen LogP contribution in [0.4, 0.5) is 4.79 Å². The number of pyridine rings is 1. The van der Waals surface area contributed by atoms with Gasteiger partial charge in [0.25, 0.3) is 0 Å². The number of ether oxygens (including phenoxy) is 2. The molecule has 0 aliphatic heterocycles. The summed E-state index contributed by atoms with van der Waals surface area (Å²) in [6.45, 7) is 4.14. The van der Waals surface area contributed by atoms with Gasteiger partial charge >= 0.3 is 6.16 Å². The van der Waals surface area contributed by atoms with E-state index in [0.29, 0.717) is 28.8 Å². The maximum absolute atomic E-state index is 12.6. The fourth-order valence-electron chi connectivity index (χ4n) is 2.71. The Kier molecular flexibility index (Phi) is 6.85. The molecule has 0 spiro atoms. The summed E-state index contributed by atoms with van der Waals surface area (Å²) >= 11 is 0. The van der Waals surface area contributed by atoms with Gasteiger partial charge in [-0.1, -0.05) is 44.7 Å². The fraction of sp³-hybridized carbons (Fsp3) is 0.474. The first kappa shape index (κ1) is 18.0. The molecule has 1 heterocycles. The molecule has 0 aliphatic carbocycles. The van der Waals surface area contributed by atoms with Crippen molar-refractivity contribution in [2.45, 2.75) is 52.4 Å². The number of aromatic nitrogens is 1. The van der Waals surface area contributed by atoms with Gasteiger partial charge in [0.1, 0.15) is 0 Å². The molecule has 0 saturated carbocycles. The highest BCUT2D eigenvalue weighted by Gasteiger charge is 2.18. The largest absolute Gasteiger partial charge is 0.618 e. The molecule has 24 heavy (non-hydrogen) atoms. The van der Waals surface area contributed by atoms with E-state index >= 15 is 0 Å². The van der Waals surface area contributed by atoms with Crippen molar-refractivity contribution in [3.05, 3.63) is 41.2 Å². The third-order valence-electron chi connectivity index (χ3n) is 3.94. The van der Waals surface area contributed by atoms with Crippen LogP contribution in [0.5, 0.6) is 5.75 Å². The number of unbranched alkanes of at least 4 members (excludes halogenated alkanes) is 4. The molecule has 0 aliphatic rings. The average Bonchev–Trinajstić information content (AvgIpc) is 2.58. The van der Waals surface area contributed by atoms with Crippen LogP contribution in [0.2, 0.25) is 0 Å². The Labute approximate surface area is 142 Å². The molecule has 0 N–H and O–H groups in total. The molecule has 2 aromatic rings. The summed E-state index contributed by atoms with van der Waals surface area (Å²) in [4.78, 5) is 11.7. The van der Waals surface area contributed by atoms with E-state index in [2.05, 4.69) is 6.92 Å². The van der Waals surface area contributed by atoms with Crippen LogP contribution in [0.1, 0.15) is 51.6 Å². The fourth-order valence-corrected chi connectivity index (χ4v) is 2.71. The molecule has 0 bridgehead atoms. The first-order valence-corrected chi connectivity index (χ1v) is 8.66. The van der Waals surface area contributed by atoms with Crippen molar-refractivity contribution < 1.29 is 19.0 Å². The average molecular weight is 331 g/mol. The van der Waals surface area contributed by atoms with Crippen LogP contribution in [0, 0.1) is 5.21 Å². The van der Waals surface area contributed by atoms with Crippen LogP contribution >= 0.6 is 0 Å². The first-order valence-electron chi connectivity index (χ1n) is 8.66. The minimum atomic E-state index is -0.750. The van der Waals surface area contributed by atoms with Crippen molar-refractivity contribution in [2.75, 3.05) is 6.61 Å². The zero-order chi connectivity index (χ0) is 17.4. The van der Waals surface area contributed by atoms with Crippen LogP contribution in [-0.2, 0) is 11.2 Å². The topological polar surface area (TPSA) is 62.5 Å². The van der Waals surface area contributed by atoms with Crippen molar-refractivity contribution in [3.63, 3.8) is 0 Å². The quantitative estimate of drug-likeness (QED) is 0.309. The zero-order valence-corrected chi connectivity index (χ0v) is 14.4. The molecule has 0 fully saturated rings. The van der Waals surface area contributed by atoms with Crippen molar-refractivity contribution in [1.82, 2.24) is 0 Å². The van der Waals surface area contributed by atoms with E-state index in [-0.39, 0.29) is 6.61 Å². The maximum Gasteiger partial charge on any atom is 0.513 e. The number of aryl methyl sites for hydroxylation is 1. The van der Waals surface area contributed by atoms with Crippen molar-refractivity contribution in [2.24, 2.45) is 0 Å². The lowest BCUT2D eigenvalue weighted by molar-refractivity contribution is -0.586. The van der Waals surface area contributed by atoms with Crippen molar-refractivity contribution in [1.29, 1.82) is 0 Å². The Bertz CT molecular complexity index is 684. The molecule has 5 heteroatoms. The van der Waals surface area contributed by atoms with E-state index in [9.17, 15) is 10.0 Å². The number of hydrogen-bond acceptors (Lipinski definition) is 4. The van der Waals surface area contributed by atoms with Gasteiger partial charge in [0.2, 0.25) is 5.52 Å². The number of para-hydroxylation sites is 1. The molecular weight excluding hydrogens is 306 g/mol. The number of fused-ring (bicyclic) bond motifs is 1. The summed E-state index contributed by atoms with van der Waals surface area (Å²) in [6.07, 6.45) is 5.53. The van der Waals surface area contributed by atoms with E-state index in [1.54, 1.807) is 31.2 Å². The molecule has 5 nitrogen and oxygen atoms in total. The summed E-state index contributed by atoms with van der Waals surface area (Å²) in [6, 6.07) is 8.77. The van der Waals surface area contributed by atoms with Gasteiger partial charge in [-0.3, -0.25) is 0 Å². The highest BCUT2D eigenvalue weighted by molar-refractivity contribution is 5.84. The third-order valence-corrected chi connectivity index (χ3v) is 3.94. The van der Waals surface area contributed by atoms with Gasteiger partial charge in [0, 0.05) is 12.5 Å². The lowest BCUT2D eigenvalue weighted by atomic mass is 10.1. The summed E-state index contributed by atoms with van der Waals surface area (Å²) in [5, 5.41) is 13.2. The number of hydrogen-bond donors (Lipinski definition) is 0. The summed E-state index contributed by atoms with van der Waals surface area (Å²) in [5.41, 5.74) is 1.12. The van der Waals surface area contributed by atoms with Gasteiger partial charge in [0.05, 0.1) is 18.1 Å². The van der Waals surface area contributed by atoms with Gasteiger partial charge in [-0.25, -0.2) is 4.79 Å². The Morgan fingerprint density at radius 1 is 1.12 bits per heavy atom. The van der Waals surface area contributed by atoms with Crippen LogP contribution in [-0.4, -0.2) is 12.8 Å². The predicted molar refractivity (Wildman–Crippen MR) is 93.0 cm³/mol. The van der Waals surface area contributed by atoms with E-state index in [1.165, 1.54) is 19.3 Å². The maximum atomic E-state index is 12.6.